The minimum absolute atomic E-state index is 0.0710. The zero-order valence-corrected chi connectivity index (χ0v) is 23.8. The fraction of sp³-hybridized carbons (Fsp3) is 0.235. The molecule has 0 radical (unpaired) electrons. The van der Waals surface area contributed by atoms with Crippen LogP contribution in [0, 0.1) is 5.92 Å². The van der Waals surface area contributed by atoms with Crippen LogP contribution in [0.25, 0.3) is 0 Å². The number of thioether (sulfide) groups is 1. The quantitative estimate of drug-likeness (QED) is 0.133. The Labute approximate surface area is 243 Å². The summed E-state index contributed by atoms with van der Waals surface area (Å²) in [6, 6.07) is 29.7. The summed E-state index contributed by atoms with van der Waals surface area (Å²) in [5.41, 5.74) is 2.37. The van der Waals surface area contributed by atoms with Gasteiger partial charge in [-0.3, -0.25) is 9.59 Å². The molecule has 0 aliphatic rings. The number of carbonyl (C=O) groups excluding carboxylic acids is 2. The van der Waals surface area contributed by atoms with Crippen molar-refractivity contribution in [1.29, 1.82) is 0 Å². The van der Waals surface area contributed by atoms with Gasteiger partial charge in [-0.15, -0.1) is 11.8 Å². The number of Topliss-reactive ketones (excluding diaryl/α,β-unsaturated/α-hetero) is 1. The summed E-state index contributed by atoms with van der Waals surface area (Å²) < 4.78 is 41.8. The first-order chi connectivity index (χ1) is 19.7. The van der Waals surface area contributed by atoms with Crippen molar-refractivity contribution in [2.75, 3.05) is 6.26 Å². The van der Waals surface area contributed by atoms with Gasteiger partial charge in [0.2, 0.25) is 5.91 Å². The summed E-state index contributed by atoms with van der Waals surface area (Å²) in [5, 5.41) is 0. The molecule has 0 saturated carbocycles. The first kappa shape index (κ1) is 30.1. The molecule has 0 bridgehead atoms. The van der Waals surface area contributed by atoms with E-state index in [0.29, 0.717) is 11.1 Å². The highest BCUT2D eigenvalue weighted by Crippen LogP contribution is 2.34. The molecule has 0 spiro atoms. The smallest absolute Gasteiger partial charge is 0.334 e. The second-order valence-electron chi connectivity index (χ2n) is 9.97. The molecule has 3 nitrogen and oxygen atoms in total. The molecular weight excluding hydrogens is 543 g/mol. The Hall–Kier alpha value is -3.84. The largest absolute Gasteiger partial charge is 0.416 e. The minimum Gasteiger partial charge on any atom is -0.334 e. The molecule has 0 fully saturated rings. The van der Waals surface area contributed by atoms with Crippen molar-refractivity contribution in [2.45, 2.75) is 43.9 Å². The molecule has 0 aliphatic carbocycles. The van der Waals surface area contributed by atoms with Gasteiger partial charge in [-0.25, -0.2) is 0 Å². The van der Waals surface area contributed by atoms with E-state index in [0.717, 1.165) is 22.1 Å². The lowest BCUT2D eigenvalue weighted by molar-refractivity contribution is -0.140. The molecular formula is C34H32F3NO2S. The number of alkyl halides is 3. The van der Waals surface area contributed by atoms with E-state index in [1.807, 2.05) is 73.0 Å². The number of ketones is 1. The molecule has 0 N–H and O–H groups in total. The van der Waals surface area contributed by atoms with Gasteiger partial charge in [-0.2, -0.15) is 13.2 Å². The van der Waals surface area contributed by atoms with Crippen molar-refractivity contribution in [3.63, 3.8) is 0 Å². The molecule has 4 aromatic carbocycles. The zero-order valence-electron chi connectivity index (χ0n) is 23.0. The lowest BCUT2D eigenvalue weighted by Gasteiger charge is -2.30. The molecule has 0 heterocycles. The Balaban J connectivity index is 1.77. The number of rotatable bonds is 11. The van der Waals surface area contributed by atoms with Crippen molar-refractivity contribution < 1.29 is 22.8 Å². The lowest BCUT2D eigenvalue weighted by atomic mass is 9.89. The highest BCUT2D eigenvalue weighted by Gasteiger charge is 2.35. The van der Waals surface area contributed by atoms with E-state index in [4.69, 9.17) is 0 Å². The number of hydrogen-bond acceptors (Lipinski definition) is 3. The molecule has 7 heteroatoms. The van der Waals surface area contributed by atoms with E-state index in [1.165, 1.54) is 19.1 Å². The molecule has 1 unspecified atom stereocenters. The van der Waals surface area contributed by atoms with Crippen LogP contribution >= 0.6 is 11.8 Å². The number of amides is 1. The second-order valence-corrected chi connectivity index (χ2v) is 10.8. The van der Waals surface area contributed by atoms with Crippen LogP contribution < -0.4 is 0 Å². The van der Waals surface area contributed by atoms with Crippen LogP contribution in [0.2, 0.25) is 0 Å². The summed E-state index contributed by atoms with van der Waals surface area (Å²) in [7, 11) is 0. The van der Waals surface area contributed by atoms with E-state index < -0.39 is 17.7 Å². The first-order valence-corrected chi connectivity index (χ1v) is 14.6. The van der Waals surface area contributed by atoms with Gasteiger partial charge in [-0.05, 0) is 60.4 Å². The number of nitrogens with zero attached hydrogens (tertiary/aromatic N) is 1. The average Bonchev–Trinajstić information content (AvgIpc) is 2.97. The van der Waals surface area contributed by atoms with E-state index in [2.05, 4.69) is 0 Å². The van der Waals surface area contributed by atoms with E-state index >= 15 is 0 Å². The predicted molar refractivity (Wildman–Crippen MR) is 158 cm³/mol. The summed E-state index contributed by atoms with van der Waals surface area (Å²) in [5.74, 6) is -1.13. The number of halogens is 3. The Kier molecular flexibility index (Phi) is 10.1. The number of hydrogen-bond donors (Lipinski definition) is 0. The molecule has 1 atom stereocenters. The minimum atomic E-state index is -4.53. The van der Waals surface area contributed by atoms with Gasteiger partial charge in [0.1, 0.15) is 0 Å². The molecule has 212 valence electrons. The van der Waals surface area contributed by atoms with Gasteiger partial charge in [0.25, 0.3) is 0 Å². The summed E-state index contributed by atoms with van der Waals surface area (Å²) in [6.45, 7) is 1.90. The fourth-order valence-corrected chi connectivity index (χ4v) is 5.71. The zero-order chi connectivity index (χ0) is 29.4. The van der Waals surface area contributed by atoms with Crippen molar-refractivity contribution in [2.24, 2.45) is 5.92 Å². The standard InChI is InChI=1S/C34H32F3NO2S/c1-24(39)30-17-9-6-15-27(30)22-38(23-28-16-8-11-19-32(28)41-2)33(40)29(20-25-12-4-3-5-13-25)21-26-14-7-10-18-31(26)34(35,36)37/h3-19,29H,20-23H2,1-2H3. The lowest BCUT2D eigenvalue weighted by Crippen LogP contribution is -2.38. The van der Waals surface area contributed by atoms with Crippen LogP contribution in [-0.2, 0) is 36.9 Å². The maximum Gasteiger partial charge on any atom is 0.416 e. The van der Waals surface area contributed by atoms with Crippen molar-refractivity contribution in [3.05, 3.63) is 137 Å². The highest BCUT2D eigenvalue weighted by molar-refractivity contribution is 7.98. The fourth-order valence-electron chi connectivity index (χ4n) is 5.10. The van der Waals surface area contributed by atoms with Crippen LogP contribution in [0.5, 0.6) is 0 Å². The van der Waals surface area contributed by atoms with Gasteiger partial charge in [0, 0.05) is 29.5 Å². The molecule has 41 heavy (non-hydrogen) atoms. The van der Waals surface area contributed by atoms with Gasteiger partial charge in [0.15, 0.2) is 5.78 Å². The molecule has 4 rings (SSSR count). The second kappa shape index (κ2) is 13.7. The van der Waals surface area contributed by atoms with Crippen LogP contribution in [0.1, 0.15) is 45.1 Å². The van der Waals surface area contributed by atoms with Crippen LogP contribution in [0.15, 0.2) is 108 Å². The number of carbonyl (C=O) groups is 2. The molecule has 4 aromatic rings. The van der Waals surface area contributed by atoms with Crippen LogP contribution in [0.4, 0.5) is 13.2 Å². The van der Waals surface area contributed by atoms with E-state index in [-0.39, 0.29) is 43.2 Å². The molecule has 0 aliphatic heterocycles. The number of benzene rings is 4. The van der Waals surface area contributed by atoms with Crippen molar-refractivity contribution >= 4 is 23.5 Å². The van der Waals surface area contributed by atoms with Gasteiger partial charge >= 0.3 is 6.18 Å². The average molecular weight is 576 g/mol. The normalized spacial score (nSPS) is 12.1. The van der Waals surface area contributed by atoms with Crippen molar-refractivity contribution in [3.8, 4) is 0 Å². The molecule has 0 saturated heterocycles. The third-order valence-electron chi connectivity index (χ3n) is 7.09. The SMILES string of the molecule is CSc1ccccc1CN(Cc1ccccc1C(C)=O)C(=O)C(Cc1ccccc1)Cc1ccccc1C(F)(F)F. The maximum absolute atomic E-state index is 14.5. The van der Waals surface area contributed by atoms with E-state index in [9.17, 15) is 22.8 Å². The topological polar surface area (TPSA) is 37.4 Å². The Morgan fingerprint density at radius 3 is 1.95 bits per heavy atom. The van der Waals surface area contributed by atoms with Gasteiger partial charge in [0.05, 0.1) is 5.56 Å². The van der Waals surface area contributed by atoms with Gasteiger partial charge < -0.3 is 4.90 Å². The highest BCUT2D eigenvalue weighted by atomic mass is 32.2. The summed E-state index contributed by atoms with van der Waals surface area (Å²) in [6.07, 6.45) is -2.37. The predicted octanol–water partition coefficient (Wildman–Crippen LogP) is 8.26. The van der Waals surface area contributed by atoms with Gasteiger partial charge in [-0.1, -0.05) is 91.0 Å². The first-order valence-electron chi connectivity index (χ1n) is 13.4. The Morgan fingerprint density at radius 2 is 1.29 bits per heavy atom. The maximum atomic E-state index is 14.5. The van der Waals surface area contributed by atoms with Crippen molar-refractivity contribution in [1.82, 2.24) is 4.90 Å². The molecule has 1 amide bonds. The van der Waals surface area contributed by atoms with Crippen LogP contribution in [-0.4, -0.2) is 22.8 Å². The Bertz CT molecular complexity index is 1490. The summed E-state index contributed by atoms with van der Waals surface area (Å²) >= 11 is 1.56. The monoisotopic (exact) mass is 575 g/mol. The van der Waals surface area contributed by atoms with Crippen LogP contribution in [0.3, 0.4) is 0 Å². The van der Waals surface area contributed by atoms with E-state index in [1.54, 1.807) is 34.9 Å². The Morgan fingerprint density at radius 1 is 0.732 bits per heavy atom. The molecule has 0 aromatic heterocycles. The third-order valence-corrected chi connectivity index (χ3v) is 7.92. The summed E-state index contributed by atoms with van der Waals surface area (Å²) in [4.78, 5) is 29.6. The third kappa shape index (κ3) is 7.88.